The van der Waals surface area contributed by atoms with Gasteiger partial charge in [-0.25, -0.2) is 4.39 Å². The van der Waals surface area contributed by atoms with Crippen LogP contribution in [0.2, 0.25) is 0 Å². The number of carbonyl (C=O) groups is 1. The molecule has 0 atom stereocenters. The van der Waals surface area contributed by atoms with Gasteiger partial charge in [-0.15, -0.1) is 0 Å². The third kappa shape index (κ3) is 5.17. The Balaban J connectivity index is 1.58. The number of nitro groups is 1. The van der Waals surface area contributed by atoms with Crippen LogP contribution in [0.3, 0.4) is 0 Å². The molecule has 1 N–H and O–H groups in total. The van der Waals surface area contributed by atoms with E-state index in [1.807, 2.05) is 0 Å². The number of halogens is 1. The number of hydrogen-bond acceptors (Lipinski definition) is 4. The quantitative estimate of drug-likeness (QED) is 0.455. The van der Waals surface area contributed by atoms with Gasteiger partial charge >= 0.3 is 0 Å². The Morgan fingerprint density at radius 3 is 2.69 bits per heavy atom. The van der Waals surface area contributed by atoms with Gasteiger partial charge in [0.1, 0.15) is 18.1 Å². The molecule has 1 aliphatic heterocycles. The van der Waals surface area contributed by atoms with Crippen molar-refractivity contribution in [2.24, 2.45) is 0 Å². The Kier molecular flexibility index (Phi) is 6.56. The summed E-state index contributed by atoms with van der Waals surface area (Å²) >= 11 is 0. The van der Waals surface area contributed by atoms with Gasteiger partial charge in [-0.3, -0.25) is 14.9 Å². The maximum Gasteiger partial charge on any atom is 0.276 e. The minimum absolute atomic E-state index is 0.0325. The zero-order valence-corrected chi connectivity index (χ0v) is 16.1. The first-order valence-corrected chi connectivity index (χ1v) is 9.34. The Labute approximate surface area is 168 Å². The fourth-order valence-electron chi connectivity index (χ4n) is 3.44. The number of carbonyl (C=O) groups excluding carboxylic acids is 1. The number of methoxy groups -OCH3 is 1. The number of ether oxygens (including phenoxy) is 1. The van der Waals surface area contributed by atoms with Gasteiger partial charge < -0.3 is 14.5 Å². The minimum Gasteiger partial charge on any atom is -0.496 e. The molecule has 1 heterocycles. The number of rotatable bonds is 6. The Hall–Kier alpha value is -3.26. The molecule has 0 bridgehead atoms. The number of benzene rings is 2. The smallest absolute Gasteiger partial charge is 0.276 e. The normalized spacial score (nSPS) is 14.9. The van der Waals surface area contributed by atoms with Crippen molar-refractivity contribution in [3.8, 4) is 5.75 Å². The monoisotopic (exact) mass is 400 g/mol. The summed E-state index contributed by atoms with van der Waals surface area (Å²) < 4.78 is 18.8. The van der Waals surface area contributed by atoms with Gasteiger partial charge in [-0.1, -0.05) is 12.1 Å². The second-order valence-corrected chi connectivity index (χ2v) is 6.86. The fraction of sp³-hybridized carbons (Fsp3) is 0.286. The van der Waals surface area contributed by atoms with Crippen LogP contribution in [0.1, 0.15) is 11.1 Å². The van der Waals surface area contributed by atoms with Crippen molar-refractivity contribution in [3.05, 3.63) is 75.6 Å². The molecule has 1 aliphatic rings. The van der Waals surface area contributed by atoms with Gasteiger partial charge in [0.2, 0.25) is 5.91 Å². The van der Waals surface area contributed by atoms with E-state index >= 15 is 0 Å². The molecule has 3 rings (SSSR count). The molecule has 0 unspecified atom stereocenters. The lowest BCUT2D eigenvalue weighted by Crippen LogP contribution is -3.13. The maximum atomic E-state index is 13.5. The summed E-state index contributed by atoms with van der Waals surface area (Å²) in [6.45, 7) is 3.20. The van der Waals surface area contributed by atoms with Crippen LogP contribution in [0.25, 0.3) is 6.08 Å². The molecule has 2 aromatic carbocycles. The third-order valence-corrected chi connectivity index (χ3v) is 5.00. The Morgan fingerprint density at radius 2 is 2.00 bits per heavy atom. The largest absolute Gasteiger partial charge is 0.496 e. The molecule has 152 valence electrons. The van der Waals surface area contributed by atoms with E-state index in [-0.39, 0.29) is 17.4 Å². The number of hydrogen-bond donors (Lipinski definition) is 1. The highest BCUT2D eigenvalue weighted by Crippen LogP contribution is 2.19. The van der Waals surface area contributed by atoms with E-state index in [0.717, 1.165) is 18.7 Å². The molecule has 1 amide bonds. The number of amides is 1. The number of nitrogens with one attached hydrogen (secondary N) is 1. The standard InChI is InChI=1S/C21H22FN3O4/c1-29-20-8-7-18(22)14-17(20)15-23-10-12-24(13-11-23)21(26)9-6-16-4-2-3-5-19(16)25(27)28/h2-9,14H,10-13,15H2,1H3/p+1/b9-6+. The highest BCUT2D eigenvalue weighted by molar-refractivity contribution is 5.92. The number of nitrogens with zero attached hydrogens (tertiary/aromatic N) is 2. The molecule has 7 nitrogen and oxygen atoms in total. The lowest BCUT2D eigenvalue weighted by atomic mass is 10.1. The molecule has 8 heteroatoms. The van der Waals surface area contributed by atoms with Crippen LogP contribution in [0.15, 0.2) is 48.5 Å². The summed E-state index contributed by atoms with van der Waals surface area (Å²) in [5.74, 6) is 0.185. The van der Waals surface area contributed by atoms with Crippen LogP contribution < -0.4 is 9.64 Å². The molecule has 0 radical (unpaired) electrons. The average Bonchev–Trinajstić information content (AvgIpc) is 2.73. The van der Waals surface area contributed by atoms with Crippen LogP contribution in [0, 0.1) is 15.9 Å². The Bertz CT molecular complexity index is 924. The van der Waals surface area contributed by atoms with Crippen LogP contribution >= 0.6 is 0 Å². The molecule has 0 spiro atoms. The molecule has 0 saturated carbocycles. The van der Waals surface area contributed by atoms with Crippen molar-refractivity contribution < 1.29 is 23.7 Å². The summed E-state index contributed by atoms with van der Waals surface area (Å²) in [6.07, 6.45) is 2.86. The van der Waals surface area contributed by atoms with E-state index in [9.17, 15) is 19.3 Å². The SMILES string of the molecule is COc1ccc(F)cc1C[NH+]1CCN(C(=O)/C=C/c2ccccc2[N+](=O)[O-])CC1. The molecule has 0 aliphatic carbocycles. The molecule has 1 fully saturated rings. The lowest BCUT2D eigenvalue weighted by Gasteiger charge is -2.31. The average molecular weight is 400 g/mol. The number of piperazine rings is 1. The van der Waals surface area contributed by atoms with Crippen LogP contribution in [-0.2, 0) is 11.3 Å². The van der Waals surface area contributed by atoms with Gasteiger partial charge in [0.25, 0.3) is 5.69 Å². The van der Waals surface area contributed by atoms with Gasteiger partial charge in [0.05, 0.1) is 49.3 Å². The van der Waals surface area contributed by atoms with Gasteiger partial charge in [-0.2, -0.15) is 0 Å². The minimum atomic E-state index is -0.465. The summed E-state index contributed by atoms with van der Waals surface area (Å²) in [6, 6.07) is 10.8. The first kappa shape index (κ1) is 20.5. The first-order chi connectivity index (χ1) is 14.0. The van der Waals surface area contributed by atoms with E-state index in [1.165, 1.54) is 35.3 Å². The Morgan fingerprint density at radius 1 is 1.28 bits per heavy atom. The van der Waals surface area contributed by atoms with Crippen molar-refractivity contribution in [2.75, 3.05) is 33.3 Å². The van der Waals surface area contributed by atoms with Crippen molar-refractivity contribution in [1.29, 1.82) is 0 Å². The molecule has 2 aromatic rings. The van der Waals surface area contributed by atoms with Crippen LogP contribution in [0.4, 0.5) is 10.1 Å². The van der Waals surface area contributed by atoms with Crippen molar-refractivity contribution in [1.82, 2.24) is 4.90 Å². The molecular weight excluding hydrogens is 377 g/mol. The first-order valence-electron chi connectivity index (χ1n) is 9.34. The van der Waals surface area contributed by atoms with Crippen molar-refractivity contribution in [2.45, 2.75) is 6.54 Å². The van der Waals surface area contributed by atoms with Gasteiger partial charge in [0, 0.05) is 12.1 Å². The number of nitro benzene ring substituents is 1. The van der Waals surface area contributed by atoms with Gasteiger partial charge in [0.15, 0.2) is 0 Å². The van der Waals surface area contributed by atoms with E-state index < -0.39 is 4.92 Å². The fourth-order valence-corrected chi connectivity index (χ4v) is 3.44. The maximum absolute atomic E-state index is 13.5. The number of para-hydroxylation sites is 1. The summed E-state index contributed by atoms with van der Waals surface area (Å²) in [5.41, 5.74) is 1.17. The van der Waals surface area contributed by atoms with Crippen LogP contribution in [-0.4, -0.2) is 49.0 Å². The van der Waals surface area contributed by atoms with E-state index in [0.29, 0.717) is 30.9 Å². The molecule has 29 heavy (non-hydrogen) atoms. The number of quaternary nitrogens is 1. The topological polar surface area (TPSA) is 77.1 Å². The lowest BCUT2D eigenvalue weighted by molar-refractivity contribution is -0.917. The van der Waals surface area contributed by atoms with Crippen molar-refractivity contribution in [3.63, 3.8) is 0 Å². The van der Waals surface area contributed by atoms with E-state index in [2.05, 4.69) is 0 Å². The zero-order chi connectivity index (χ0) is 20.8. The summed E-state index contributed by atoms with van der Waals surface area (Å²) in [5, 5.41) is 11.1. The third-order valence-electron chi connectivity index (χ3n) is 5.00. The second kappa shape index (κ2) is 9.29. The predicted octanol–water partition coefficient (Wildman–Crippen LogP) is 1.68. The van der Waals surface area contributed by atoms with E-state index in [4.69, 9.17) is 4.74 Å². The van der Waals surface area contributed by atoms with Gasteiger partial charge in [-0.05, 0) is 30.3 Å². The highest BCUT2D eigenvalue weighted by atomic mass is 19.1. The summed E-state index contributed by atoms with van der Waals surface area (Å²) in [7, 11) is 1.56. The van der Waals surface area contributed by atoms with Crippen LogP contribution in [0.5, 0.6) is 5.75 Å². The second-order valence-electron chi connectivity index (χ2n) is 6.86. The van der Waals surface area contributed by atoms with Crippen molar-refractivity contribution >= 4 is 17.7 Å². The summed E-state index contributed by atoms with van der Waals surface area (Å²) in [4.78, 5) is 26.0. The zero-order valence-electron chi connectivity index (χ0n) is 16.1. The molecule has 0 aromatic heterocycles. The molecule has 1 saturated heterocycles. The molecular formula is C21H23FN3O4+. The highest BCUT2D eigenvalue weighted by Gasteiger charge is 2.24. The van der Waals surface area contributed by atoms with E-state index in [1.54, 1.807) is 36.3 Å². The predicted molar refractivity (Wildman–Crippen MR) is 106 cm³/mol.